The molecule has 1 aromatic rings. The van der Waals surface area contributed by atoms with Crippen LogP contribution in [0.5, 0.6) is 0 Å². The standard InChI is InChI=1S/C12H17N3O3/c1-6(2)10-9(5-13-8(4)15-10)11(16)14-7(3)12(17)18/h5-7H,1-4H3,(H,14,16)(H,17,18). The molecule has 98 valence electrons. The Morgan fingerprint density at radius 2 is 1.94 bits per heavy atom. The Hall–Kier alpha value is -1.98. The Bertz CT molecular complexity index is 472. The van der Waals surface area contributed by atoms with Gasteiger partial charge in [0.1, 0.15) is 11.9 Å². The minimum atomic E-state index is -1.08. The molecule has 0 saturated carbocycles. The van der Waals surface area contributed by atoms with Gasteiger partial charge in [-0.3, -0.25) is 9.59 Å². The van der Waals surface area contributed by atoms with Crippen LogP contribution in [0.4, 0.5) is 0 Å². The van der Waals surface area contributed by atoms with Crippen molar-refractivity contribution in [1.82, 2.24) is 15.3 Å². The number of amides is 1. The molecule has 6 nitrogen and oxygen atoms in total. The smallest absolute Gasteiger partial charge is 0.325 e. The molecule has 0 saturated heterocycles. The maximum atomic E-state index is 11.9. The highest BCUT2D eigenvalue weighted by Crippen LogP contribution is 2.16. The molecule has 0 aliphatic carbocycles. The van der Waals surface area contributed by atoms with Crippen LogP contribution in [0.2, 0.25) is 0 Å². The molecule has 1 rings (SSSR count). The number of aromatic nitrogens is 2. The van der Waals surface area contributed by atoms with Crippen LogP contribution in [-0.4, -0.2) is 33.0 Å². The lowest BCUT2D eigenvalue weighted by molar-refractivity contribution is -0.138. The SMILES string of the molecule is Cc1ncc(C(=O)NC(C)C(=O)O)c(C(C)C)n1. The fourth-order valence-corrected chi connectivity index (χ4v) is 1.44. The molecule has 0 aliphatic rings. The van der Waals surface area contributed by atoms with Crippen LogP contribution < -0.4 is 5.32 Å². The molecule has 0 aromatic carbocycles. The van der Waals surface area contributed by atoms with E-state index in [9.17, 15) is 9.59 Å². The van der Waals surface area contributed by atoms with E-state index in [1.54, 1.807) is 6.92 Å². The number of nitrogens with zero attached hydrogens (tertiary/aromatic N) is 2. The second-order valence-electron chi connectivity index (χ2n) is 4.40. The molecule has 2 N–H and O–H groups in total. The van der Waals surface area contributed by atoms with Gasteiger partial charge in [-0.1, -0.05) is 13.8 Å². The first-order valence-corrected chi connectivity index (χ1v) is 5.70. The van der Waals surface area contributed by atoms with E-state index in [1.165, 1.54) is 13.1 Å². The average Bonchev–Trinajstić information content (AvgIpc) is 2.28. The van der Waals surface area contributed by atoms with Gasteiger partial charge in [0.25, 0.3) is 5.91 Å². The van der Waals surface area contributed by atoms with Crippen LogP contribution in [-0.2, 0) is 4.79 Å². The van der Waals surface area contributed by atoms with Gasteiger partial charge >= 0.3 is 5.97 Å². The van der Waals surface area contributed by atoms with Crippen molar-refractivity contribution < 1.29 is 14.7 Å². The normalized spacial score (nSPS) is 12.3. The molecule has 6 heteroatoms. The summed E-state index contributed by atoms with van der Waals surface area (Å²) in [5.41, 5.74) is 0.946. The fourth-order valence-electron chi connectivity index (χ4n) is 1.44. The molecule has 1 atom stereocenters. The number of carboxylic acid groups (broad SMARTS) is 1. The van der Waals surface area contributed by atoms with Gasteiger partial charge in [0, 0.05) is 6.20 Å². The Labute approximate surface area is 105 Å². The zero-order chi connectivity index (χ0) is 13.9. The lowest BCUT2D eigenvalue weighted by atomic mass is 10.0. The van der Waals surface area contributed by atoms with E-state index >= 15 is 0 Å². The molecular formula is C12H17N3O3. The summed E-state index contributed by atoms with van der Waals surface area (Å²) in [5.74, 6) is -0.898. The monoisotopic (exact) mass is 251 g/mol. The van der Waals surface area contributed by atoms with Gasteiger partial charge in [0.15, 0.2) is 0 Å². The van der Waals surface area contributed by atoms with Gasteiger partial charge < -0.3 is 10.4 Å². The number of hydrogen-bond acceptors (Lipinski definition) is 4. The molecule has 0 aliphatic heterocycles. The third-order valence-electron chi connectivity index (χ3n) is 2.45. The summed E-state index contributed by atoms with van der Waals surface area (Å²) in [7, 11) is 0. The number of hydrogen-bond donors (Lipinski definition) is 2. The van der Waals surface area contributed by atoms with Crippen molar-refractivity contribution in [2.45, 2.75) is 39.7 Å². The van der Waals surface area contributed by atoms with Gasteiger partial charge in [-0.15, -0.1) is 0 Å². The number of carbonyl (C=O) groups excluding carboxylic acids is 1. The van der Waals surface area contributed by atoms with Crippen molar-refractivity contribution in [3.63, 3.8) is 0 Å². The first-order chi connectivity index (χ1) is 8.32. The first kappa shape index (κ1) is 14.1. The van der Waals surface area contributed by atoms with Gasteiger partial charge in [0.2, 0.25) is 0 Å². The van der Waals surface area contributed by atoms with Crippen LogP contribution in [0.25, 0.3) is 0 Å². The predicted molar refractivity (Wildman–Crippen MR) is 65.4 cm³/mol. The number of rotatable bonds is 4. The van der Waals surface area contributed by atoms with Gasteiger partial charge in [-0.25, -0.2) is 9.97 Å². The number of carbonyl (C=O) groups is 2. The molecular weight excluding hydrogens is 234 g/mol. The quantitative estimate of drug-likeness (QED) is 0.836. The van der Waals surface area contributed by atoms with E-state index < -0.39 is 17.9 Å². The molecule has 0 radical (unpaired) electrons. The summed E-state index contributed by atoms with van der Waals surface area (Å²) in [6.45, 7) is 6.98. The second-order valence-corrected chi connectivity index (χ2v) is 4.40. The molecule has 1 unspecified atom stereocenters. The van der Waals surface area contributed by atoms with Gasteiger partial charge in [-0.2, -0.15) is 0 Å². The lowest BCUT2D eigenvalue weighted by Crippen LogP contribution is -2.39. The van der Waals surface area contributed by atoms with Crippen molar-refractivity contribution in [2.24, 2.45) is 0 Å². The topological polar surface area (TPSA) is 92.2 Å². The van der Waals surface area contributed by atoms with Crippen LogP contribution >= 0.6 is 0 Å². The summed E-state index contributed by atoms with van der Waals surface area (Å²) in [6, 6.07) is -0.946. The summed E-state index contributed by atoms with van der Waals surface area (Å²) in [5, 5.41) is 11.1. The Kier molecular flexibility index (Phi) is 4.36. The molecule has 0 fully saturated rings. The van der Waals surface area contributed by atoms with Crippen LogP contribution in [0, 0.1) is 6.92 Å². The van der Waals surface area contributed by atoms with E-state index in [4.69, 9.17) is 5.11 Å². The third kappa shape index (κ3) is 3.26. The number of aryl methyl sites for hydroxylation is 1. The highest BCUT2D eigenvalue weighted by Gasteiger charge is 2.20. The second kappa shape index (κ2) is 5.57. The van der Waals surface area contributed by atoms with Crippen LogP contribution in [0.1, 0.15) is 48.6 Å². The highest BCUT2D eigenvalue weighted by atomic mass is 16.4. The summed E-state index contributed by atoms with van der Waals surface area (Å²) >= 11 is 0. The molecule has 1 aromatic heterocycles. The van der Waals surface area contributed by atoms with E-state index in [1.807, 2.05) is 13.8 Å². The van der Waals surface area contributed by atoms with Crippen molar-refractivity contribution in [2.75, 3.05) is 0 Å². The van der Waals surface area contributed by atoms with Crippen LogP contribution in [0.3, 0.4) is 0 Å². The first-order valence-electron chi connectivity index (χ1n) is 5.70. The highest BCUT2D eigenvalue weighted by molar-refractivity contribution is 5.97. The molecule has 1 heterocycles. The number of nitrogens with one attached hydrogen (secondary N) is 1. The molecule has 0 bridgehead atoms. The largest absolute Gasteiger partial charge is 0.480 e. The van der Waals surface area contributed by atoms with Crippen LogP contribution in [0.15, 0.2) is 6.20 Å². The van der Waals surface area contributed by atoms with Crippen molar-refractivity contribution in [3.8, 4) is 0 Å². The zero-order valence-electron chi connectivity index (χ0n) is 10.9. The number of carboxylic acids is 1. The van der Waals surface area contributed by atoms with Crippen molar-refractivity contribution in [1.29, 1.82) is 0 Å². The molecule has 0 spiro atoms. The summed E-state index contributed by atoms with van der Waals surface area (Å²) < 4.78 is 0. The third-order valence-corrected chi connectivity index (χ3v) is 2.45. The van der Waals surface area contributed by atoms with Crippen molar-refractivity contribution in [3.05, 3.63) is 23.3 Å². The predicted octanol–water partition coefficient (Wildman–Crippen LogP) is 1.11. The fraction of sp³-hybridized carbons (Fsp3) is 0.500. The minimum Gasteiger partial charge on any atom is -0.480 e. The van der Waals surface area contributed by atoms with E-state index in [2.05, 4.69) is 15.3 Å². The summed E-state index contributed by atoms with van der Waals surface area (Å²) in [4.78, 5) is 30.8. The average molecular weight is 251 g/mol. The maximum absolute atomic E-state index is 11.9. The van der Waals surface area contributed by atoms with E-state index in [-0.39, 0.29) is 5.92 Å². The summed E-state index contributed by atoms with van der Waals surface area (Å²) in [6.07, 6.45) is 1.43. The lowest BCUT2D eigenvalue weighted by Gasteiger charge is -2.13. The maximum Gasteiger partial charge on any atom is 0.325 e. The molecule has 18 heavy (non-hydrogen) atoms. The van der Waals surface area contributed by atoms with Gasteiger partial charge in [-0.05, 0) is 19.8 Å². The Morgan fingerprint density at radius 1 is 1.33 bits per heavy atom. The number of aliphatic carboxylic acids is 1. The van der Waals surface area contributed by atoms with Crippen molar-refractivity contribution >= 4 is 11.9 Å². The van der Waals surface area contributed by atoms with E-state index in [0.29, 0.717) is 17.1 Å². The zero-order valence-corrected chi connectivity index (χ0v) is 10.9. The van der Waals surface area contributed by atoms with Gasteiger partial charge in [0.05, 0.1) is 11.3 Å². The van der Waals surface area contributed by atoms with E-state index in [0.717, 1.165) is 0 Å². The Balaban J connectivity index is 3.02. The molecule has 1 amide bonds. The Morgan fingerprint density at radius 3 is 2.44 bits per heavy atom. The minimum absolute atomic E-state index is 0.0626.